The highest BCUT2D eigenvalue weighted by Gasteiger charge is 2.17. The third kappa shape index (κ3) is 5.43. The highest BCUT2D eigenvalue weighted by atomic mass is 32.2. The summed E-state index contributed by atoms with van der Waals surface area (Å²) in [5.74, 6) is 3.13. The van der Waals surface area contributed by atoms with Gasteiger partial charge in [-0.3, -0.25) is 4.79 Å². The molecule has 1 atom stereocenters. The maximum Gasteiger partial charge on any atom is 0.258 e. The molecule has 1 N–H and O–H groups in total. The molecule has 0 bridgehead atoms. The molecule has 134 valence electrons. The van der Waals surface area contributed by atoms with Gasteiger partial charge < -0.3 is 10.1 Å². The van der Waals surface area contributed by atoms with Crippen molar-refractivity contribution in [1.29, 1.82) is 0 Å². The Kier molecular flexibility index (Phi) is 7.13. The topological polar surface area (TPSA) is 38.3 Å². The molecular formula is C19H23NO2S3. The summed E-state index contributed by atoms with van der Waals surface area (Å²) in [5, 5.41) is 5.08. The van der Waals surface area contributed by atoms with Crippen molar-refractivity contribution in [3.05, 3.63) is 52.2 Å². The Morgan fingerprint density at radius 3 is 2.64 bits per heavy atom. The first-order valence-corrected chi connectivity index (χ1v) is 11.5. The van der Waals surface area contributed by atoms with E-state index in [2.05, 4.69) is 30.4 Å². The summed E-state index contributed by atoms with van der Waals surface area (Å²) in [7, 11) is 0. The van der Waals surface area contributed by atoms with Crippen LogP contribution in [-0.2, 0) is 4.79 Å². The largest absolute Gasteiger partial charge is 0.484 e. The molecule has 0 radical (unpaired) electrons. The number of nitrogens with one attached hydrogen (secondary N) is 1. The van der Waals surface area contributed by atoms with E-state index in [1.807, 2.05) is 47.1 Å². The van der Waals surface area contributed by atoms with E-state index in [1.165, 1.54) is 28.4 Å². The Balaban J connectivity index is 1.48. The number of carbonyl (C=O) groups is 1. The molecule has 0 aliphatic carbocycles. The lowest BCUT2D eigenvalue weighted by molar-refractivity contribution is -0.123. The molecule has 25 heavy (non-hydrogen) atoms. The van der Waals surface area contributed by atoms with Gasteiger partial charge in [-0.25, -0.2) is 0 Å². The SMILES string of the molecule is CCC(NC(=O)COc1ccc(C2SCCCS2)cc1)c1cccs1. The van der Waals surface area contributed by atoms with Crippen molar-refractivity contribution in [1.82, 2.24) is 5.32 Å². The third-order valence-corrected chi connectivity index (χ3v) is 7.98. The molecule has 1 aromatic heterocycles. The number of ether oxygens (including phenoxy) is 1. The zero-order valence-corrected chi connectivity index (χ0v) is 16.7. The maximum atomic E-state index is 12.2. The Hall–Kier alpha value is -1.11. The van der Waals surface area contributed by atoms with E-state index < -0.39 is 0 Å². The van der Waals surface area contributed by atoms with Gasteiger partial charge >= 0.3 is 0 Å². The van der Waals surface area contributed by atoms with Gasteiger partial charge in [-0.2, -0.15) is 0 Å². The number of thiophene rings is 1. The maximum absolute atomic E-state index is 12.2. The highest BCUT2D eigenvalue weighted by Crippen LogP contribution is 2.43. The van der Waals surface area contributed by atoms with Crippen LogP contribution in [0.25, 0.3) is 0 Å². The van der Waals surface area contributed by atoms with E-state index in [0.717, 1.165) is 12.2 Å². The second kappa shape index (κ2) is 9.55. The van der Waals surface area contributed by atoms with Crippen LogP contribution in [0.5, 0.6) is 5.75 Å². The standard InChI is InChI=1S/C19H23NO2S3/c1-2-16(17-5-3-10-23-17)20-18(21)13-22-15-8-6-14(7-9-15)19-24-11-4-12-25-19/h3,5-10,16,19H,2,4,11-13H2,1H3,(H,20,21). The van der Waals surface area contributed by atoms with E-state index >= 15 is 0 Å². The fourth-order valence-electron chi connectivity index (χ4n) is 2.65. The molecule has 1 fully saturated rings. The normalized spacial score (nSPS) is 16.4. The van der Waals surface area contributed by atoms with Crippen molar-refractivity contribution in [2.45, 2.75) is 30.4 Å². The average molecular weight is 394 g/mol. The summed E-state index contributed by atoms with van der Waals surface area (Å²) in [6.45, 7) is 2.12. The third-order valence-electron chi connectivity index (χ3n) is 3.98. The van der Waals surface area contributed by atoms with Gasteiger partial charge in [-0.15, -0.1) is 34.9 Å². The molecule has 2 aromatic rings. The molecule has 2 heterocycles. The van der Waals surface area contributed by atoms with Gasteiger partial charge in [0.05, 0.1) is 10.6 Å². The zero-order valence-electron chi connectivity index (χ0n) is 14.3. The van der Waals surface area contributed by atoms with Crippen LogP contribution in [0.3, 0.4) is 0 Å². The molecule has 3 rings (SSSR count). The molecule has 1 aromatic carbocycles. The van der Waals surface area contributed by atoms with E-state index in [4.69, 9.17) is 4.74 Å². The highest BCUT2D eigenvalue weighted by molar-refractivity contribution is 8.16. The molecule has 3 nitrogen and oxygen atoms in total. The molecule has 6 heteroatoms. The molecule has 0 saturated carbocycles. The number of hydrogen-bond donors (Lipinski definition) is 1. The van der Waals surface area contributed by atoms with Gasteiger partial charge in [0.15, 0.2) is 6.61 Å². The molecular weight excluding hydrogens is 370 g/mol. The predicted molar refractivity (Wildman–Crippen MR) is 110 cm³/mol. The van der Waals surface area contributed by atoms with E-state index in [1.54, 1.807) is 11.3 Å². The van der Waals surface area contributed by atoms with Crippen LogP contribution in [0.1, 0.15) is 40.8 Å². The van der Waals surface area contributed by atoms with Crippen molar-refractivity contribution in [2.24, 2.45) is 0 Å². The smallest absolute Gasteiger partial charge is 0.258 e. The Labute approximate surface area is 161 Å². The van der Waals surface area contributed by atoms with E-state index in [0.29, 0.717) is 4.58 Å². The number of hydrogen-bond acceptors (Lipinski definition) is 5. The molecule has 1 aliphatic heterocycles. The lowest BCUT2D eigenvalue weighted by Crippen LogP contribution is -2.32. The van der Waals surface area contributed by atoms with Crippen molar-refractivity contribution in [3.63, 3.8) is 0 Å². The summed E-state index contributed by atoms with van der Waals surface area (Å²) in [5.41, 5.74) is 1.33. The van der Waals surface area contributed by atoms with Gasteiger partial charge in [0, 0.05) is 4.88 Å². The van der Waals surface area contributed by atoms with Crippen LogP contribution in [0, 0.1) is 0 Å². The lowest BCUT2D eigenvalue weighted by atomic mass is 10.2. The van der Waals surface area contributed by atoms with E-state index in [9.17, 15) is 4.79 Å². The lowest BCUT2D eigenvalue weighted by Gasteiger charge is -2.21. The van der Waals surface area contributed by atoms with Crippen LogP contribution >= 0.6 is 34.9 Å². The fraction of sp³-hybridized carbons (Fsp3) is 0.421. The first kappa shape index (κ1) is 18.7. The second-order valence-electron chi connectivity index (χ2n) is 5.83. The van der Waals surface area contributed by atoms with Gasteiger partial charge in [0.2, 0.25) is 0 Å². The Bertz CT molecular complexity index is 652. The van der Waals surface area contributed by atoms with Crippen LogP contribution < -0.4 is 10.1 Å². The second-order valence-corrected chi connectivity index (χ2v) is 9.53. The van der Waals surface area contributed by atoms with Gasteiger partial charge in [-0.05, 0) is 53.5 Å². The first-order valence-electron chi connectivity index (χ1n) is 8.55. The van der Waals surface area contributed by atoms with Crippen LogP contribution in [0.2, 0.25) is 0 Å². The average Bonchev–Trinajstić information content (AvgIpc) is 3.20. The van der Waals surface area contributed by atoms with Crippen molar-refractivity contribution < 1.29 is 9.53 Å². The number of carbonyl (C=O) groups excluding carboxylic acids is 1. The summed E-state index contributed by atoms with van der Waals surface area (Å²) in [4.78, 5) is 13.3. The Morgan fingerprint density at radius 2 is 2.00 bits per heavy atom. The van der Waals surface area contributed by atoms with Crippen molar-refractivity contribution in [3.8, 4) is 5.75 Å². The number of amides is 1. The quantitative estimate of drug-likeness (QED) is 0.696. The molecule has 1 amide bonds. The fourth-order valence-corrected chi connectivity index (χ4v) is 6.41. The zero-order chi connectivity index (χ0) is 17.5. The van der Waals surface area contributed by atoms with Crippen molar-refractivity contribution >= 4 is 40.8 Å². The van der Waals surface area contributed by atoms with Crippen LogP contribution in [-0.4, -0.2) is 24.0 Å². The number of thioether (sulfide) groups is 2. The minimum absolute atomic E-state index is 0.0498. The molecule has 0 spiro atoms. The monoisotopic (exact) mass is 393 g/mol. The minimum atomic E-state index is -0.0808. The summed E-state index contributed by atoms with van der Waals surface area (Å²) in [6, 6.07) is 12.3. The molecule has 1 saturated heterocycles. The predicted octanol–water partition coefficient (Wildman–Crippen LogP) is 5.26. The minimum Gasteiger partial charge on any atom is -0.484 e. The van der Waals surface area contributed by atoms with E-state index in [-0.39, 0.29) is 18.6 Å². The number of benzene rings is 1. The Morgan fingerprint density at radius 1 is 1.24 bits per heavy atom. The first-order chi connectivity index (χ1) is 12.3. The van der Waals surface area contributed by atoms with Gasteiger partial charge in [-0.1, -0.05) is 25.1 Å². The van der Waals surface area contributed by atoms with Gasteiger partial charge in [0.1, 0.15) is 5.75 Å². The summed E-state index contributed by atoms with van der Waals surface area (Å²) < 4.78 is 6.18. The van der Waals surface area contributed by atoms with Crippen LogP contribution in [0.15, 0.2) is 41.8 Å². The molecule has 1 unspecified atom stereocenters. The van der Waals surface area contributed by atoms with Crippen LogP contribution in [0.4, 0.5) is 0 Å². The number of rotatable bonds is 7. The summed E-state index contributed by atoms with van der Waals surface area (Å²) in [6.07, 6.45) is 2.17. The molecule has 1 aliphatic rings. The van der Waals surface area contributed by atoms with Crippen molar-refractivity contribution in [2.75, 3.05) is 18.1 Å². The van der Waals surface area contributed by atoms with Gasteiger partial charge in [0.25, 0.3) is 5.91 Å². The summed E-state index contributed by atoms with van der Waals surface area (Å²) >= 11 is 5.68.